The average Bonchev–Trinajstić information content (AvgIpc) is 2.31. The Kier molecular flexibility index (Phi) is 5.40. The van der Waals surface area contributed by atoms with Gasteiger partial charge in [0.15, 0.2) is 5.17 Å². The monoisotopic (exact) mass is 292 g/mol. The minimum Gasteiger partial charge on any atom is -0.377 e. The van der Waals surface area contributed by atoms with Crippen molar-refractivity contribution in [2.75, 3.05) is 11.1 Å². The molecular weight excluding hydrogens is 283 g/mol. The molecule has 92 valence electrons. The molecule has 1 amide bonds. The molecule has 1 aromatic carbocycles. The third-order valence-electron chi connectivity index (χ3n) is 1.71. The van der Waals surface area contributed by atoms with Crippen LogP contribution in [0.5, 0.6) is 0 Å². The Bertz CT molecular complexity index is 432. The summed E-state index contributed by atoms with van der Waals surface area (Å²) >= 11 is 12.8. The fourth-order valence-electron chi connectivity index (χ4n) is 0.969. The van der Waals surface area contributed by atoms with E-state index >= 15 is 0 Å². The zero-order valence-corrected chi connectivity index (χ0v) is 10.9. The van der Waals surface area contributed by atoms with Gasteiger partial charge in [-0.15, -0.1) is 0 Å². The van der Waals surface area contributed by atoms with Crippen molar-refractivity contribution in [2.45, 2.75) is 0 Å². The number of amides is 1. The second kappa shape index (κ2) is 6.58. The summed E-state index contributed by atoms with van der Waals surface area (Å²) in [6, 6.07) is 4.95. The smallest absolute Gasteiger partial charge is 0.234 e. The van der Waals surface area contributed by atoms with E-state index in [-0.39, 0.29) is 16.8 Å². The Labute approximate surface area is 113 Å². The molecule has 0 unspecified atom stereocenters. The molecule has 5 nitrogen and oxygen atoms in total. The molecule has 0 radical (unpaired) electrons. The van der Waals surface area contributed by atoms with Crippen LogP contribution in [0.3, 0.4) is 0 Å². The van der Waals surface area contributed by atoms with Gasteiger partial charge in [0.1, 0.15) is 0 Å². The van der Waals surface area contributed by atoms with Crippen LogP contribution in [0.15, 0.2) is 23.3 Å². The quantitative estimate of drug-likeness (QED) is 0.343. The molecule has 0 aromatic heterocycles. The molecule has 0 saturated carbocycles. The maximum absolute atomic E-state index is 11.5. The number of hydrazone groups is 1. The summed E-state index contributed by atoms with van der Waals surface area (Å²) in [6.07, 6.45) is 0. The number of para-hydroxylation sites is 1. The molecule has 0 spiro atoms. The van der Waals surface area contributed by atoms with Crippen LogP contribution in [0.1, 0.15) is 0 Å². The fraction of sp³-hybridized carbons (Fsp3) is 0.111. The van der Waals surface area contributed by atoms with Crippen molar-refractivity contribution in [3.8, 4) is 0 Å². The summed E-state index contributed by atoms with van der Waals surface area (Å²) in [7, 11) is 0. The molecule has 1 rings (SSSR count). The second-order valence-electron chi connectivity index (χ2n) is 2.90. The van der Waals surface area contributed by atoms with Gasteiger partial charge in [-0.3, -0.25) is 4.79 Å². The van der Waals surface area contributed by atoms with Crippen LogP contribution in [-0.4, -0.2) is 16.8 Å². The summed E-state index contributed by atoms with van der Waals surface area (Å²) in [6.45, 7) is 0. The summed E-state index contributed by atoms with van der Waals surface area (Å²) in [5.74, 6) is 4.71. The Morgan fingerprint density at radius 3 is 2.53 bits per heavy atom. The summed E-state index contributed by atoms with van der Waals surface area (Å²) in [4.78, 5) is 11.5. The largest absolute Gasteiger partial charge is 0.377 e. The topological polar surface area (TPSA) is 93.5 Å². The number of nitrogens with two attached hydrogens (primary N) is 2. The number of hydrogen-bond donors (Lipinski definition) is 3. The molecule has 0 aliphatic rings. The lowest BCUT2D eigenvalue weighted by Crippen LogP contribution is -2.18. The lowest BCUT2D eigenvalue weighted by atomic mass is 10.3. The Morgan fingerprint density at radius 1 is 1.41 bits per heavy atom. The molecule has 0 heterocycles. The van der Waals surface area contributed by atoms with Crippen molar-refractivity contribution in [2.24, 2.45) is 16.7 Å². The van der Waals surface area contributed by atoms with Gasteiger partial charge < -0.3 is 16.9 Å². The Balaban J connectivity index is 2.62. The molecule has 0 aliphatic carbocycles. The van der Waals surface area contributed by atoms with E-state index in [1.165, 1.54) is 0 Å². The van der Waals surface area contributed by atoms with Crippen LogP contribution in [0, 0.1) is 0 Å². The number of nitrogens with zero attached hydrogens (tertiary/aromatic N) is 1. The van der Waals surface area contributed by atoms with Gasteiger partial charge in [0.05, 0.1) is 21.5 Å². The highest BCUT2D eigenvalue weighted by Gasteiger charge is 2.10. The van der Waals surface area contributed by atoms with E-state index in [1.54, 1.807) is 18.2 Å². The number of nitrogens with one attached hydrogen (secondary N) is 1. The zero-order valence-electron chi connectivity index (χ0n) is 8.61. The molecule has 0 fully saturated rings. The lowest BCUT2D eigenvalue weighted by molar-refractivity contribution is -0.113. The van der Waals surface area contributed by atoms with Crippen molar-refractivity contribution >= 4 is 51.7 Å². The third-order valence-corrected chi connectivity index (χ3v) is 3.14. The number of hydrogen-bond acceptors (Lipinski definition) is 4. The van der Waals surface area contributed by atoms with Crippen molar-refractivity contribution in [3.63, 3.8) is 0 Å². The first-order valence-corrected chi connectivity index (χ1v) is 6.18. The highest BCUT2D eigenvalue weighted by atomic mass is 35.5. The van der Waals surface area contributed by atoms with Crippen LogP contribution in [0.25, 0.3) is 0 Å². The van der Waals surface area contributed by atoms with Gasteiger partial charge in [-0.2, -0.15) is 5.10 Å². The van der Waals surface area contributed by atoms with E-state index in [4.69, 9.17) is 34.8 Å². The summed E-state index contributed by atoms with van der Waals surface area (Å²) in [5.41, 5.74) is 5.71. The van der Waals surface area contributed by atoms with Crippen molar-refractivity contribution in [1.82, 2.24) is 0 Å². The highest BCUT2D eigenvalue weighted by Crippen LogP contribution is 2.29. The molecule has 17 heavy (non-hydrogen) atoms. The van der Waals surface area contributed by atoms with E-state index in [0.717, 1.165) is 11.8 Å². The van der Waals surface area contributed by atoms with Crippen molar-refractivity contribution in [1.29, 1.82) is 0 Å². The van der Waals surface area contributed by atoms with Gasteiger partial charge in [-0.1, -0.05) is 41.0 Å². The second-order valence-corrected chi connectivity index (χ2v) is 4.71. The molecule has 5 N–H and O–H groups in total. The zero-order chi connectivity index (χ0) is 12.8. The molecule has 0 aliphatic heterocycles. The predicted octanol–water partition coefficient (Wildman–Crippen LogP) is 1.85. The first-order valence-electron chi connectivity index (χ1n) is 4.44. The molecule has 0 saturated heterocycles. The Hall–Kier alpha value is -1.11. The van der Waals surface area contributed by atoms with E-state index < -0.39 is 0 Å². The standard InChI is InChI=1S/C9H10Cl2N4OS/c10-5-2-1-3-6(11)8(5)14-7(16)4-17-9(12)15-13/h1-3H,4,13H2,(H2,12,15)(H,14,16). The van der Waals surface area contributed by atoms with Gasteiger partial charge in [0, 0.05) is 0 Å². The van der Waals surface area contributed by atoms with Crippen molar-refractivity contribution in [3.05, 3.63) is 28.2 Å². The maximum Gasteiger partial charge on any atom is 0.234 e. The first kappa shape index (κ1) is 14.0. The van der Waals surface area contributed by atoms with E-state index in [9.17, 15) is 4.79 Å². The van der Waals surface area contributed by atoms with Crippen LogP contribution >= 0.6 is 35.0 Å². The van der Waals surface area contributed by atoms with Crippen LogP contribution in [0.4, 0.5) is 5.69 Å². The van der Waals surface area contributed by atoms with Gasteiger partial charge in [0.2, 0.25) is 5.91 Å². The van der Waals surface area contributed by atoms with E-state index in [1.807, 2.05) is 0 Å². The number of carbonyl (C=O) groups is 1. The molecular formula is C9H10Cl2N4OS. The number of carbonyl (C=O) groups excluding carboxylic acids is 1. The minimum absolute atomic E-state index is 0.0775. The number of thioether (sulfide) groups is 1. The maximum atomic E-state index is 11.5. The molecule has 0 bridgehead atoms. The van der Waals surface area contributed by atoms with Gasteiger partial charge in [0.25, 0.3) is 0 Å². The summed E-state index contributed by atoms with van der Waals surface area (Å²) < 4.78 is 0. The number of amidine groups is 1. The summed E-state index contributed by atoms with van der Waals surface area (Å²) in [5, 5.41) is 6.68. The van der Waals surface area contributed by atoms with Gasteiger partial charge in [-0.05, 0) is 12.1 Å². The molecule has 0 atom stereocenters. The van der Waals surface area contributed by atoms with E-state index in [0.29, 0.717) is 15.7 Å². The van der Waals surface area contributed by atoms with E-state index in [2.05, 4.69) is 10.4 Å². The minimum atomic E-state index is -0.295. The normalized spacial score (nSPS) is 11.3. The van der Waals surface area contributed by atoms with Gasteiger partial charge >= 0.3 is 0 Å². The van der Waals surface area contributed by atoms with Crippen LogP contribution < -0.4 is 16.9 Å². The lowest BCUT2D eigenvalue weighted by Gasteiger charge is -2.08. The highest BCUT2D eigenvalue weighted by molar-refractivity contribution is 8.14. The van der Waals surface area contributed by atoms with Crippen molar-refractivity contribution < 1.29 is 4.79 Å². The molecule has 1 aromatic rings. The third kappa shape index (κ3) is 4.33. The fourth-order valence-corrected chi connectivity index (χ4v) is 1.89. The molecule has 8 heteroatoms. The average molecular weight is 293 g/mol. The number of halogens is 2. The SMILES string of the molecule is NN=C(N)SCC(=O)Nc1c(Cl)cccc1Cl. The van der Waals surface area contributed by atoms with Gasteiger partial charge in [-0.25, -0.2) is 0 Å². The predicted molar refractivity (Wildman–Crippen MR) is 73.4 cm³/mol. The van der Waals surface area contributed by atoms with Crippen LogP contribution in [0.2, 0.25) is 10.0 Å². The number of benzene rings is 1. The first-order chi connectivity index (χ1) is 8.04. The van der Waals surface area contributed by atoms with Crippen LogP contribution in [-0.2, 0) is 4.79 Å². The number of anilines is 1. The number of rotatable bonds is 3. The Morgan fingerprint density at radius 2 is 2.00 bits per heavy atom.